The third kappa shape index (κ3) is 1.58. The van der Waals surface area contributed by atoms with Crippen LogP contribution in [-0.2, 0) is 5.41 Å². The van der Waals surface area contributed by atoms with Crippen molar-refractivity contribution in [3.05, 3.63) is 35.9 Å². The summed E-state index contributed by atoms with van der Waals surface area (Å²) in [6.07, 6.45) is 7.22. The molecule has 0 radical (unpaired) electrons. The van der Waals surface area contributed by atoms with Gasteiger partial charge in [-0.1, -0.05) is 49.6 Å². The molecule has 16 heavy (non-hydrogen) atoms. The second kappa shape index (κ2) is 4.21. The third-order valence-electron chi connectivity index (χ3n) is 4.62. The summed E-state index contributed by atoms with van der Waals surface area (Å²) in [7, 11) is 0. The van der Waals surface area contributed by atoms with E-state index in [1.807, 2.05) is 0 Å². The molecule has 0 bridgehead atoms. The van der Waals surface area contributed by atoms with Crippen LogP contribution >= 0.6 is 0 Å². The maximum Gasteiger partial charge on any atom is 0.0230 e. The zero-order chi connectivity index (χ0) is 10.8. The molecule has 1 N–H and O–H groups in total. The topological polar surface area (TPSA) is 12.0 Å². The fourth-order valence-corrected chi connectivity index (χ4v) is 3.55. The van der Waals surface area contributed by atoms with Crippen LogP contribution in [0.5, 0.6) is 0 Å². The Bertz CT molecular complexity index is 334. The van der Waals surface area contributed by atoms with Gasteiger partial charge in [0.25, 0.3) is 0 Å². The van der Waals surface area contributed by atoms with Crippen LogP contribution in [0, 0.1) is 5.92 Å². The van der Waals surface area contributed by atoms with Crippen molar-refractivity contribution in [1.82, 2.24) is 5.32 Å². The Labute approximate surface area is 98.3 Å². The molecule has 86 valence electrons. The lowest BCUT2D eigenvalue weighted by Crippen LogP contribution is -2.61. The summed E-state index contributed by atoms with van der Waals surface area (Å²) in [6, 6.07) is 11.2. The predicted molar refractivity (Wildman–Crippen MR) is 67.6 cm³/mol. The fraction of sp³-hybridized carbons (Fsp3) is 0.600. The zero-order valence-corrected chi connectivity index (χ0v) is 9.91. The largest absolute Gasteiger partial charge is 0.315 e. The average molecular weight is 215 g/mol. The summed E-state index contributed by atoms with van der Waals surface area (Å²) in [5, 5.41) is 3.50. The maximum absolute atomic E-state index is 3.50. The monoisotopic (exact) mass is 215 g/mol. The van der Waals surface area contributed by atoms with E-state index in [4.69, 9.17) is 0 Å². The molecule has 0 spiro atoms. The summed E-state index contributed by atoms with van der Waals surface area (Å²) in [6.45, 7) is 2.39. The van der Waals surface area contributed by atoms with Gasteiger partial charge in [-0.15, -0.1) is 0 Å². The van der Waals surface area contributed by atoms with Gasteiger partial charge in [0, 0.05) is 18.5 Å². The fourth-order valence-electron chi connectivity index (χ4n) is 3.55. The molecule has 2 fully saturated rings. The minimum absolute atomic E-state index is 0.474. The lowest BCUT2D eigenvalue weighted by atomic mass is 9.62. The molecule has 1 aliphatic carbocycles. The van der Waals surface area contributed by atoms with Crippen LogP contribution in [0.1, 0.15) is 37.7 Å². The quantitative estimate of drug-likeness (QED) is 0.799. The van der Waals surface area contributed by atoms with Gasteiger partial charge in [-0.3, -0.25) is 0 Å². The van der Waals surface area contributed by atoms with E-state index in [2.05, 4.69) is 35.6 Å². The van der Waals surface area contributed by atoms with E-state index in [9.17, 15) is 0 Å². The molecule has 1 aliphatic heterocycles. The third-order valence-corrected chi connectivity index (χ3v) is 4.62. The smallest absolute Gasteiger partial charge is 0.0230 e. The molecule has 1 saturated heterocycles. The molecule has 0 unspecified atom stereocenters. The van der Waals surface area contributed by atoms with E-state index in [0.717, 1.165) is 5.92 Å². The van der Waals surface area contributed by atoms with Crippen molar-refractivity contribution < 1.29 is 0 Å². The first-order valence-corrected chi connectivity index (χ1v) is 6.68. The number of hydrogen-bond acceptors (Lipinski definition) is 1. The Hall–Kier alpha value is -0.820. The van der Waals surface area contributed by atoms with Gasteiger partial charge in [-0.2, -0.15) is 0 Å². The van der Waals surface area contributed by atoms with Crippen molar-refractivity contribution in [2.24, 2.45) is 5.92 Å². The van der Waals surface area contributed by atoms with Crippen molar-refractivity contribution in [2.45, 2.75) is 37.5 Å². The molecule has 3 rings (SSSR count). The minimum atomic E-state index is 0.474. The van der Waals surface area contributed by atoms with E-state index in [0.29, 0.717) is 5.41 Å². The second-order valence-corrected chi connectivity index (χ2v) is 5.46. The summed E-state index contributed by atoms with van der Waals surface area (Å²) < 4.78 is 0. The van der Waals surface area contributed by atoms with E-state index < -0.39 is 0 Å². The van der Waals surface area contributed by atoms with Crippen LogP contribution in [-0.4, -0.2) is 13.1 Å². The summed E-state index contributed by atoms with van der Waals surface area (Å²) in [5.41, 5.74) is 2.04. The van der Waals surface area contributed by atoms with Gasteiger partial charge in [0.15, 0.2) is 0 Å². The average Bonchev–Trinajstić information content (AvgIpc) is 2.31. The first kappa shape index (κ1) is 10.3. The highest BCUT2D eigenvalue weighted by molar-refractivity contribution is 5.31. The number of rotatable bonds is 2. The van der Waals surface area contributed by atoms with Gasteiger partial charge in [-0.05, 0) is 24.3 Å². The van der Waals surface area contributed by atoms with E-state index in [-0.39, 0.29) is 0 Å². The molecule has 1 aromatic carbocycles. The molecule has 1 heteroatoms. The molecule has 0 aromatic heterocycles. The molecular formula is C15H21N. The Kier molecular flexibility index (Phi) is 2.72. The molecule has 1 aromatic rings. The lowest BCUT2D eigenvalue weighted by molar-refractivity contribution is 0.134. The number of hydrogen-bond donors (Lipinski definition) is 1. The lowest BCUT2D eigenvalue weighted by Gasteiger charge is -2.50. The van der Waals surface area contributed by atoms with E-state index >= 15 is 0 Å². The first-order chi connectivity index (χ1) is 7.92. The molecule has 0 amide bonds. The van der Waals surface area contributed by atoms with Gasteiger partial charge < -0.3 is 5.32 Å². The van der Waals surface area contributed by atoms with Gasteiger partial charge in [0.1, 0.15) is 0 Å². The highest BCUT2D eigenvalue weighted by Gasteiger charge is 2.45. The standard InChI is InChI=1S/C15H21N/c1-3-7-13(8-4-1)15(11-16-12-15)14-9-5-2-6-10-14/h1,3-4,7-8,14,16H,2,5-6,9-12H2. The van der Waals surface area contributed by atoms with Crippen LogP contribution in [0.25, 0.3) is 0 Å². The van der Waals surface area contributed by atoms with Crippen molar-refractivity contribution in [1.29, 1.82) is 0 Å². The van der Waals surface area contributed by atoms with E-state index in [1.54, 1.807) is 5.56 Å². The second-order valence-electron chi connectivity index (χ2n) is 5.46. The highest BCUT2D eigenvalue weighted by Crippen LogP contribution is 2.43. The first-order valence-electron chi connectivity index (χ1n) is 6.68. The Morgan fingerprint density at radius 1 is 0.938 bits per heavy atom. The Morgan fingerprint density at radius 2 is 1.62 bits per heavy atom. The van der Waals surface area contributed by atoms with Crippen molar-refractivity contribution >= 4 is 0 Å². The molecule has 1 nitrogen and oxygen atoms in total. The highest BCUT2D eigenvalue weighted by atomic mass is 15.0. The van der Waals surface area contributed by atoms with Crippen LogP contribution in [0.15, 0.2) is 30.3 Å². The predicted octanol–water partition coefficient (Wildman–Crippen LogP) is 3.11. The SMILES string of the molecule is c1ccc(C2(C3CCCCC3)CNC2)cc1. The number of benzene rings is 1. The molecular weight excluding hydrogens is 194 g/mol. The summed E-state index contributed by atoms with van der Waals surface area (Å²) in [5.74, 6) is 0.921. The van der Waals surface area contributed by atoms with Crippen LogP contribution in [0.3, 0.4) is 0 Å². The Balaban J connectivity index is 1.87. The van der Waals surface area contributed by atoms with Crippen LogP contribution in [0.2, 0.25) is 0 Å². The van der Waals surface area contributed by atoms with Gasteiger partial charge in [-0.25, -0.2) is 0 Å². The van der Waals surface area contributed by atoms with Crippen LogP contribution in [0.4, 0.5) is 0 Å². The van der Waals surface area contributed by atoms with Gasteiger partial charge in [0.05, 0.1) is 0 Å². The normalized spacial score (nSPS) is 25.0. The van der Waals surface area contributed by atoms with Crippen LogP contribution < -0.4 is 5.32 Å². The van der Waals surface area contributed by atoms with Gasteiger partial charge >= 0.3 is 0 Å². The maximum atomic E-state index is 3.50. The Morgan fingerprint density at radius 3 is 2.19 bits per heavy atom. The number of nitrogens with one attached hydrogen (secondary N) is 1. The summed E-state index contributed by atoms with van der Waals surface area (Å²) in [4.78, 5) is 0. The van der Waals surface area contributed by atoms with Gasteiger partial charge in [0.2, 0.25) is 0 Å². The van der Waals surface area contributed by atoms with Crippen molar-refractivity contribution in [3.63, 3.8) is 0 Å². The zero-order valence-electron chi connectivity index (χ0n) is 9.91. The molecule has 1 saturated carbocycles. The summed E-state index contributed by atoms with van der Waals surface area (Å²) >= 11 is 0. The minimum Gasteiger partial charge on any atom is -0.315 e. The molecule has 2 aliphatic rings. The molecule has 1 heterocycles. The van der Waals surface area contributed by atoms with E-state index in [1.165, 1.54) is 45.2 Å². The molecule has 0 atom stereocenters. The van der Waals surface area contributed by atoms with Crippen molar-refractivity contribution in [2.75, 3.05) is 13.1 Å². The van der Waals surface area contributed by atoms with Crippen molar-refractivity contribution in [3.8, 4) is 0 Å².